The van der Waals surface area contributed by atoms with Crippen LogP contribution in [0, 0.1) is 6.92 Å². The zero-order valence-corrected chi connectivity index (χ0v) is 11.6. The van der Waals surface area contributed by atoms with E-state index in [1.54, 1.807) is 18.2 Å². The van der Waals surface area contributed by atoms with Gasteiger partial charge in [-0.3, -0.25) is 9.78 Å². The molecule has 0 spiro atoms. The number of aryl methyl sites for hydroxylation is 1. The average molecular weight is 286 g/mol. The minimum Gasteiger partial charge on any atom is -0.506 e. The number of hydrogen-bond acceptors (Lipinski definition) is 5. The summed E-state index contributed by atoms with van der Waals surface area (Å²) in [5.41, 5.74) is 1.65. The van der Waals surface area contributed by atoms with Gasteiger partial charge in [-0.25, -0.2) is 4.79 Å². The van der Waals surface area contributed by atoms with E-state index in [9.17, 15) is 14.7 Å². The van der Waals surface area contributed by atoms with Crippen molar-refractivity contribution >= 4 is 17.6 Å². The lowest BCUT2D eigenvalue weighted by Gasteiger charge is -2.10. The molecule has 0 atom stereocenters. The van der Waals surface area contributed by atoms with Gasteiger partial charge in [0.15, 0.2) is 0 Å². The molecule has 0 saturated heterocycles. The van der Waals surface area contributed by atoms with E-state index in [-0.39, 0.29) is 16.9 Å². The van der Waals surface area contributed by atoms with Crippen LogP contribution in [0.2, 0.25) is 0 Å². The lowest BCUT2D eigenvalue weighted by atomic mass is 10.1. The Labute approximate surface area is 121 Å². The highest BCUT2D eigenvalue weighted by Crippen LogP contribution is 2.20. The molecule has 1 heterocycles. The van der Waals surface area contributed by atoms with Crippen LogP contribution in [0.15, 0.2) is 36.7 Å². The smallest absolute Gasteiger partial charge is 0.339 e. The summed E-state index contributed by atoms with van der Waals surface area (Å²) >= 11 is 0. The molecule has 0 bridgehead atoms. The normalized spacial score (nSPS) is 10.0. The monoisotopic (exact) mass is 286 g/mol. The van der Waals surface area contributed by atoms with Gasteiger partial charge in [0.25, 0.3) is 5.91 Å². The Morgan fingerprint density at radius 3 is 2.67 bits per heavy atom. The number of aromatic hydroxyl groups is 1. The van der Waals surface area contributed by atoms with Crippen molar-refractivity contribution in [3.8, 4) is 5.75 Å². The van der Waals surface area contributed by atoms with E-state index in [1.807, 2.05) is 6.92 Å². The SMILES string of the molecule is COC(=O)c1cc(C)ccc1NC(=O)c1cncc(O)c1. The van der Waals surface area contributed by atoms with Gasteiger partial charge < -0.3 is 15.2 Å². The van der Waals surface area contributed by atoms with E-state index in [0.29, 0.717) is 5.69 Å². The minimum absolute atomic E-state index is 0.111. The fourth-order valence-electron chi connectivity index (χ4n) is 1.79. The maximum atomic E-state index is 12.1. The molecular formula is C15H14N2O4. The van der Waals surface area contributed by atoms with Crippen molar-refractivity contribution in [2.24, 2.45) is 0 Å². The lowest BCUT2D eigenvalue weighted by molar-refractivity contribution is 0.0602. The van der Waals surface area contributed by atoms with Crippen molar-refractivity contribution in [3.05, 3.63) is 53.3 Å². The quantitative estimate of drug-likeness (QED) is 0.844. The molecule has 21 heavy (non-hydrogen) atoms. The molecule has 0 fully saturated rings. The van der Waals surface area contributed by atoms with Gasteiger partial charge in [0, 0.05) is 6.20 Å². The predicted octanol–water partition coefficient (Wildman–Crippen LogP) is 2.13. The molecule has 2 rings (SSSR count). The van der Waals surface area contributed by atoms with Crippen molar-refractivity contribution in [2.75, 3.05) is 12.4 Å². The first-order chi connectivity index (χ1) is 10.0. The van der Waals surface area contributed by atoms with Gasteiger partial charge in [-0.15, -0.1) is 0 Å². The molecule has 108 valence electrons. The summed E-state index contributed by atoms with van der Waals surface area (Å²) in [5.74, 6) is -1.13. The first-order valence-electron chi connectivity index (χ1n) is 6.15. The summed E-state index contributed by atoms with van der Waals surface area (Å²) in [6.45, 7) is 1.83. The summed E-state index contributed by atoms with van der Waals surface area (Å²) in [6, 6.07) is 6.30. The number of aromatic nitrogens is 1. The highest BCUT2D eigenvalue weighted by atomic mass is 16.5. The molecule has 1 amide bonds. The maximum Gasteiger partial charge on any atom is 0.339 e. The zero-order valence-electron chi connectivity index (χ0n) is 11.6. The average Bonchev–Trinajstić information content (AvgIpc) is 2.48. The first kappa shape index (κ1) is 14.5. The van der Waals surface area contributed by atoms with Crippen molar-refractivity contribution in [2.45, 2.75) is 6.92 Å². The van der Waals surface area contributed by atoms with Gasteiger partial charge in [-0.1, -0.05) is 11.6 Å². The topological polar surface area (TPSA) is 88.5 Å². The van der Waals surface area contributed by atoms with Crippen LogP contribution in [0.25, 0.3) is 0 Å². The number of methoxy groups -OCH3 is 1. The number of pyridine rings is 1. The number of anilines is 1. The number of nitrogens with one attached hydrogen (secondary N) is 1. The highest BCUT2D eigenvalue weighted by molar-refractivity contribution is 6.08. The van der Waals surface area contributed by atoms with E-state index < -0.39 is 11.9 Å². The number of carbonyl (C=O) groups excluding carboxylic acids is 2. The van der Waals surface area contributed by atoms with Gasteiger partial charge in [-0.05, 0) is 25.1 Å². The Bertz CT molecular complexity index is 698. The van der Waals surface area contributed by atoms with Crippen LogP contribution in [0.1, 0.15) is 26.3 Å². The fourth-order valence-corrected chi connectivity index (χ4v) is 1.79. The number of amides is 1. The second kappa shape index (κ2) is 6.04. The maximum absolute atomic E-state index is 12.1. The van der Waals surface area contributed by atoms with Crippen LogP contribution < -0.4 is 5.32 Å². The third-order valence-electron chi connectivity index (χ3n) is 2.81. The first-order valence-corrected chi connectivity index (χ1v) is 6.15. The summed E-state index contributed by atoms with van der Waals surface area (Å²) in [6.07, 6.45) is 2.55. The van der Waals surface area contributed by atoms with Crippen LogP contribution in [0.5, 0.6) is 5.75 Å². The molecule has 6 heteroatoms. The number of hydrogen-bond donors (Lipinski definition) is 2. The molecule has 6 nitrogen and oxygen atoms in total. The van der Waals surface area contributed by atoms with Gasteiger partial charge in [-0.2, -0.15) is 0 Å². The van der Waals surface area contributed by atoms with Crippen molar-refractivity contribution < 1.29 is 19.4 Å². The zero-order chi connectivity index (χ0) is 15.4. The Kier molecular flexibility index (Phi) is 4.18. The molecule has 0 radical (unpaired) electrons. The van der Waals surface area contributed by atoms with E-state index in [4.69, 9.17) is 4.74 Å². The lowest BCUT2D eigenvalue weighted by Crippen LogP contribution is -2.15. The van der Waals surface area contributed by atoms with Gasteiger partial charge in [0.1, 0.15) is 5.75 Å². The van der Waals surface area contributed by atoms with E-state index >= 15 is 0 Å². The molecular weight excluding hydrogens is 272 g/mol. The number of rotatable bonds is 3. The minimum atomic E-state index is -0.539. The molecule has 0 saturated carbocycles. The summed E-state index contributed by atoms with van der Waals surface area (Å²) in [7, 11) is 1.27. The summed E-state index contributed by atoms with van der Waals surface area (Å²) in [5, 5.41) is 11.9. The molecule has 0 aliphatic heterocycles. The number of esters is 1. The molecule has 0 aliphatic rings. The van der Waals surface area contributed by atoms with Crippen LogP contribution in [0.3, 0.4) is 0 Å². The van der Waals surface area contributed by atoms with E-state index in [1.165, 1.54) is 25.6 Å². The van der Waals surface area contributed by atoms with Crippen molar-refractivity contribution in [1.29, 1.82) is 0 Å². The number of nitrogens with zero attached hydrogens (tertiary/aromatic N) is 1. The van der Waals surface area contributed by atoms with Crippen LogP contribution in [-0.4, -0.2) is 29.1 Å². The van der Waals surface area contributed by atoms with E-state index in [0.717, 1.165) is 5.56 Å². The predicted molar refractivity (Wildman–Crippen MR) is 76.4 cm³/mol. The molecule has 2 N–H and O–H groups in total. The Hall–Kier alpha value is -2.89. The Morgan fingerprint density at radius 2 is 2.00 bits per heavy atom. The summed E-state index contributed by atoms with van der Waals surface area (Å²) in [4.78, 5) is 27.6. The number of benzene rings is 1. The second-order valence-corrected chi connectivity index (χ2v) is 4.43. The molecule has 1 aromatic carbocycles. The standard InChI is InChI=1S/C15H14N2O4/c1-9-3-4-13(12(5-9)15(20)21-2)17-14(19)10-6-11(18)8-16-7-10/h3-8,18H,1-2H3,(H,17,19). The van der Waals surface area contributed by atoms with Gasteiger partial charge >= 0.3 is 5.97 Å². The van der Waals surface area contributed by atoms with Gasteiger partial charge in [0.2, 0.25) is 0 Å². The van der Waals surface area contributed by atoms with E-state index in [2.05, 4.69) is 10.3 Å². The van der Waals surface area contributed by atoms with Crippen molar-refractivity contribution in [3.63, 3.8) is 0 Å². The van der Waals surface area contributed by atoms with Crippen LogP contribution in [-0.2, 0) is 4.74 Å². The Balaban J connectivity index is 2.31. The fraction of sp³-hybridized carbons (Fsp3) is 0.133. The third kappa shape index (κ3) is 3.36. The second-order valence-electron chi connectivity index (χ2n) is 4.43. The van der Waals surface area contributed by atoms with Crippen molar-refractivity contribution in [1.82, 2.24) is 4.98 Å². The number of ether oxygens (including phenoxy) is 1. The third-order valence-corrected chi connectivity index (χ3v) is 2.81. The van der Waals surface area contributed by atoms with Crippen LogP contribution in [0.4, 0.5) is 5.69 Å². The van der Waals surface area contributed by atoms with Gasteiger partial charge in [0.05, 0.1) is 30.1 Å². The molecule has 1 aromatic heterocycles. The van der Waals surface area contributed by atoms with Crippen LogP contribution >= 0.6 is 0 Å². The molecule has 2 aromatic rings. The highest BCUT2D eigenvalue weighted by Gasteiger charge is 2.15. The number of carbonyl (C=O) groups is 2. The molecule has 0 aliphatic carbocycles. The molecule has 0 unspecified atom stereocenters. The summed E-state index contributed by atoms with van der Waals surface area (Å²) < 4.78 is 4.70. The Morgan fingerprint density at radius 1 is 1.24 bits per heavy atom. The largest absolute Gasteiger partial charge is 0.506 e.